The fourth-order valence-electron chi connectivity index (χ4n) is 3.70. The van der Waals surface area contributed by atoms with Gasteiger partial charge < -0.3 is 20.4 Å². The van der Waals surface area contributed by atoms with Gasteiger partial charge in [0.05, 0.1) is 0 Å². The first-order valence-electron chi connectivity index (χ1n) is 10.7. The monoisotopic (exact) mass is 432 g/mol. The summed E-state index contributed by atoms with van der Waals surface area (Å²) in [5.74, 6) is 1.78. The summed E-state index contributed by atoms with van der Waals surface area (Å²) in [5.41, 5.74) is 1.83. The predicted molar refractivity (Wildman–Crippen MR) is 126 cm³/mol. The highest BCUT2D eigenvalue weighted by atomic mass is 16.2. The Morgan fingerprint density at radius 1 is 1.06 bits per heavy atom. The van der Waals surface area contributed by atoms with Crippen LogP contribution in [0.25, 0.3) is 0 Å². The van der Waals surface area contributed by atoms with Gasteiger partial charge in [0.2, 0.25) is 5.91 Å². The smallest absolute Gasteiger partial charge is 0.246 e. The number of piperazine rings is 1. The highest BCUT2D eigenvalue weighted by Gasteiger charge is 2.20. The molecule has 1 saturated heterocycles. The summed E-state index contributed by atoms with van der Waals surface area (Å²) in [6.07, 6.45) is 5.25. The SMILES string of the molecule is CN=C(NCc1cccc(NC(=O)Cn2cccn2)c1)N1CCN(c2ccccn2)CC1. The van der Waals surface area contributed by atoms with Gasteiger partial charge in [-0.25, -0.2) is 4.98 Å². The van der Waals surface area contributed by atoms with Crippen molar-refractivity contribution in [3.63, 3.8) is 0 Å². The van der Waals surface area contributed by atoms with E-state index in [0.29, 0.717) is 6.54 Å². The quantitative estimate of drug-likeness (QED) is 0.456. The number of benzene rings is 1. The van der Waals surface area contributed by atoms with Gasteiger partial charge in [-0.2, -0.15) is 5.10 Å². The van der Waals surface area contributed by atoms with E-state index in [2.05, 4.69) is 35.5 Å². The lowest BCUT2D eigenvalue weighted by Gasteiger charge is -2.37. The first-order valence-corrected chi connectivity index (χ1v) is 10.7. The average molecular weight is 433 g/mol. The van der Waals surface area contributed by atoms with Crippen LogP contribution in [0, 0.1) is 0 Å². The standard InChI is InChI=1S/C23H28N8O/c1-24-23(30-14-12-29(13-15-30)21-8-2-3-9-25-21)26-17-19-6-4-7-20(16-19)28-22(32)18-31-11-5-10-27-31/h2-11,16H,12-15,17-18H2,1H3,(H,24,26)(H,28,32). The molecule has 0 saturated carbocycles. The molecule has 2 N–H and O–H groups in total. The number of hydrogen-bond acceptors (Lipinski definition) is 5. The van der Waals surface area contributed by atoms with E-state index in [1.807, 2.05) is 48.7 Å². The predicted octanol–water partition coefficient (Wildman–Crippen LogP) is 1.81. The Bertz CT molecular complexity index is 1030. The molecule has 2 aromatic heterocycles. The number of anilines is 2. The molecule has 3 heterocycles. The lowest BCUT2D eigenvalue weighted by Crippen LogP contribution is -2.52. The van der Waals surface area contributed by atoms with Gasteiger partial charge in [-0.05, 0) is 35.9 Å². The molecule has 9 nitrogen and oxygen atoms in total. The van der Waals surface area contributed by atoms with E-state index in [1.165, 1.54) is 0 Å². The lowest BCUT2D eigenvalue weighted by molar-refractivity contribution is -0.116. The zero-order valence-electron chi connectivity index (χ0n) is 18.2. The van der Waals surface area contributed by atoms with E-state index in [-0.39, 0.29) is 12.5 Å². The Balaban J connectivity index is 1.28. The molecule has 0 radical (unpaired) electrons. The summed E-state index contributed by atoms with van der Waals surface area (Å²) in [6.45, 7) is 4.35. The van der Waals surface area contributed by atoms with Crippen LogP contribution in [0.3, 0.4) is 0 Å². The van der Waals surface area contributed by atoms with Gasteiger partial charge in [0, 0.05) is 64.0 Å². The van der Waals surface area contributed by atoms with Crippen molar-refractivity contribution in [2.45, 2.75) is 13.1 Å². The summed E-state index contributed by atoms with van der Waals surface area (Å²) in [5, 5.41) is 10.4. The summed E-state index contributed by atoms with van der Waals surface area (Å²) in [7, 11) is 1.80. The Kier molecular flexibility index (Phi) is 6.96. The van der Waals surface area contributed by atoms with Crippen molar-refractivity contribution in [2.24, 2.45) is 4.99 Å². The minimum atomic E-state index is -0.111. The number of pyridine rings is 1. The molecule has 0 bridgehead atoms. The molecule has 3 aromatic rings. The van der Waals surface area contributed by atoms with Crippen molar-refractivity contribution in [1.82, 2.24) is 25.0 Å². The molecule has 166 valence electrons. The number of nitrogens with one attached hydrogen (secondary N) is 2. The van der Waals surface area contributed by atoms with E-state index in [0.717, 1.165) is 49.2 Å². The maximum absolute atomic E-state index is 12.2. The Labute approximate surface area is 187 Å². The molecular formula is C23H28N8O. The first-order chi connectivity index (χ1) is 15.7. The number of rotatable bonds is 6. The van der Waals surface area contributed by atoms with Crippen LogP contribution in [0.4, 0.5) is 11.5 Å². The highest BCUT2D eigenvalue weighted by molar-refractivity contribution is 5.90. The minimum Gasteiger partial charge on any atom is -0.353 e. The van der Waals surface area contributed by atoms with Crippen molar-refractivity contribution in [3.05, 3.63) is 72.7 Å². The van der Waals surface area contributed by atoms with Gasteiger partial charge >= 0.3 is 0 Å². The largest absolute Gasteiger partial charge is 0.353 e. The first kappa shape index (κ1) is 21.4. The van der Waals surface area contributed by atoms with Crippen molar-refractivity contribution >= 4 is 23.4 Å². The second kappa shape index (κ2) is 10.4. The van der Waals surface area contributed by atoms with Crippen LogP contribution in [-0.4, -0.2) is 64.8 Å². The fraction of sp³-hybridized carbons (Fsp3) is 0.304. The molecule has 0 aliphatic carbocycles. The zero-order chi connectivity index (χ0) is 22.2. The molecule has 1 aromatic carbocycles. The minimum absolute atomic E-state index is 0.111. The number of carbonyl (C=O) groups is 1. The van der Waals surface area contributed by atoms with Gasteiger partial charge in [0.25, 0.3) is 0 Å². The maximum atomic E-state index is 12.2. The summed E-state index contributed by atoms with van der Waals surface area (Å²) in [6, 6.07) is 15.6. The van der Waals surface area contributed by atoms with Gasteiger partial charge in [-0.15, -0.1) is 0 Å². The van der Waals surface area contributed by atoms with Crippen LogP contribution in [0.15, 0.2) is 72.1 Å². The fourth-order valence-corrected chi connectivity index (χ4v) is 3.70. The maximum Gasteiger partial charge on any atom is 0.246 e. The van der Waals surface area contributed by atoms with Crippen molar-refractivity contribution in [2.75, 3.05) is 43.4 Å². The van der Waals surface area contributed by atoms with Crippen LogP contribution in [0.5, 0.6) is 0 Å². The summed E-state index contributed by atoms with van der Waals surface area (Å²) < 4.78 is 1.60. The van der Waals surface area contributed by atoms with Crippen LogP contribution in [0.2, 0.25) is 0 Å². The van der Waals surface area contributed by atoms with E-state index in [4.69, 9.17) is 0 Å². The second-order valence-corrected chi connectivity index (χ2v) is 7.51. The molecule has 9 heteroatoms. The summed E-state index contributed by atoms with van der Waals surface area (Å²) in [4.78, 5) is 25.7. The molecule has 1 aliphatic rings. The Morgan fingerprint density at radius 2 is 1.94 bits per heavy atom. The van der Waals surface area contributed by atoms with Crippen LogP contribution >= 0.6 is 0 Å². The Hall–Kier alpha value is -3.88. The van der Waals surface area contributed by atoms with Crippen molar-refractivity contribution < 1.29 is 4.79 Å². The van der Waals surface area contributed by atoms with Gasteiger partial charge in [0.1, 0.15) is 12.4 Å². The molecule has 0 spiro atoms. The van der Waals surface area contributed by atoms with E-state index in [1.54, 1.807) is 30.2 Å². The number of aromatic nitrogens is 3. The summed E-state index contributed by atoms with van der Waals surface area (Å²) >= 11 is 0. The van der Waals surface area contributed by atoms with E-state index >= 15 is 0 Å². The third-order valence-electron chi connectivity index (χ3n) is 5.29. The molecule has 0 atom stereocenters. The number of aliphatic imine (C=N–C) groups is 1. The Morgan fingerprint density at radius 3 is 2.66 bits per heavy atom. The van der Waals surface area contributed by atoms with Crippen LogP contribution in [0.1, 0.15) is 5.56 Å². The van der Waals surface area contributed by atoms with Crippen molar-refractivity contribution in [3.8, 4) is 0 Å². The number of hydrogen-bond donors (Lipinski definition) is 2. The van der Waals surface area contributed by atoms with E-state index in [9.17, 15) is 4.79 Å². The van der Waals surface area contributed by atoms with Gasteiger partial charge in [-0.3, -0.25) is 14.5 Å². The van der Waals surface area contributed by atoms with Gasteiger partial charge in [0.15, 0.2) is 5.96 Å². The molecule has 32 heavy (non-hydrogen) atoms. The van der Waals surface area contributed by atoms with Crippen LogP contribution < -0.4 is 15.5 Å². The molecule has 1 amide bonds. The topological polar surface area (TPSA) is 90.7 Å². The number of guanidine groups is 1. The lowest BCUT2D eigenvalue weighted by atomic mass is 10.2. The van der Waals surface area contributed by atoms with Crippen LogP contribution in [-0.2, 0) is 17.9 Å². The molecule has 1 fully saturated rings. The number of amides is 1. The molecule has 4 rings (SSSR count). The molecule has 1 aliphatic heterocycles. The molecular weight excluding hydrogens is 404 g/mol. The zero-order valence-corrected chi connectivity index (χ0v) is 18.2. The van der Waals surface area contributed by atoms with E-state index < -0.39 is 0 Å². The highest BCUT2D eigenvalue weighted by Crippen LogP contribution is 2.14. The normalized spacial score (nSPS) is 14.3. The van der Waals surface area contributed by atoms with Crippen molar-refractivity contribution in [1.29, 1.82) is 0 Å². The molecule has 0 unspecified atom stereocenters. The van der Waals surface area contributed by atoms with Gasteiger partial charge in [-0.1, -0.05) is 18.2 Å². The third-order valence-corrected chi connectivity index (χ3v) is 5.29. The number of carbonyl (C=O) groups excluding carboxylic acids is 1. The third kappa shape index (κ3) is 5.63. The average Bonchev–Trinajstić information content (AvgIpc) is 3.33. The number of nitrogens with zero attached hydrogens (tertiary/aromatic N) is 6. The second-order valence-electron chi connectivity index (χ2n) is 7.51.